The van der Waals surface area contributed by atoms with E-state index >= 15 is 0 Å². The van der Waals surface area contributed by atoms with Crippen molar-refractivity contribution in [1.82, 2.24) is 9.78 Å². The Labute approximate surface area is 207 Å². The van der Waals surface area contributed by atoms with Gasteiger partial charge < -0.3 is 10.1 Å². The minimum absolute atomic E-state index is 0.0884. The minimum atomic E-state index is -0.567. The smallest absolute Gasteiger partial charge is 0.309 e. The molecule has 1 N–H and O–H groups in total. The highest BCUT2D eigenvalue weighted by molar-refractivity contribution is 5.92. The Morgan fingerprint density at radius 3 is 2.00 bits per heavy atom. The van der Waals surface area contributed by atoms with E-state index in [-0.39, 0.29) is 17.7 Å². The summed E-state index contributed by atoms with van der Waals surface area (Å²) in [5.41, 5.74) is 3.26. The van der Waals surface area contributed by atoms with E-state index in [1.807, 2.05) is 13.8 Å². The minimum Gasteiger partial charge on any atom is -0.407 e. The number of halogens is 2. The van der Waals surface area contributed by atoms with Crippen LogP contribution < -0.4 is 10.1 Å². The van der Waals surface area contributed by atoms with Crippen molar-refractivity contribution in [2.24, 2.45) is 5.92 Å². The van der Waals surface area contributed by atoms with E-state index in [2.05, 4.69) is 10.4 Å². The molecule has 1 amide bonds. The van der Waals surface area contributed by atoms with E-state index in [0.29, 0.717) is 40.2 Å². The van der Waals surface area contributed by atoms with Gasteiger partial charge in [-0.25, -0.2) is 8.78 Å². The maximum absolute atomic E-state index is 13.6. The standard InChI is InChI=1S/C28H25F2N3O3/c1-17(2)16-25(35)31-23-12-6-19(7-13-23)26-27(20-4-8-21(29)9-5-20)32-33(28(26)36-18(3)34)24-14-10-22(30)11-15-24/h4-15,17H,16H2,1-3H3,(H,31,35). The normalized spacial score (nSPS) is 10.9. The molecule has 0 aliphatic rings. The summed E-state index contributed by atoms with van der Waals surface area (Å²) in [6, 6.07) is 18.4. The van der Waals surface area contributed by atoms with Crippen molar-refractivity contribution in [3.05, 3.63) is 84.4 Å². The lowest BCUT2D eigenvalue weighted by atomic mass is 10.0. The number of anilines is 1. The molecule has 0 spiro atoms. The van der Waals surface area contributed by atoms with Crippen molar-refractivity contribution >= 4 is 17.6 Å². The number of carbonyl (C=O) groups excluding carboxylic acids is 2. The summed E-state index contributed by atoms with van der Waals surface area (Å²) in [5.74, 6) is -1.12. The number of benzene rings is 3. The topological polar surface area (TPSA) is 73.2 Å². The molecule has 4 aromatic rings. The summed E-state index contributed by atoms with van der Waals surface area (Å²) in [5, 5.41) is 7.53. The van der Waals surface area contributed by atoms with Gasteiger partial charge in [-0.1, -0.05) is 26.0 Å². The van der Waals surface area contributed by atoms with E-state index in [9.17, 15) is 18.4 Å². The number of nitrogens with one attached hydrogen (secondary N) is 1. The molecule has 8 heteroatoms. The van der Waals surface area contributed by atoms with Gasteiger partial charge >= 0.3 is 5.97 Å². The van der Waals surface area contributed by atoms with E-state index in [0.717, 1.165) is 0 Å². The molecule has 1 aromatic heterocycles. The summed E-state index contributed by atoms with van der Waals surface area (Å²) in [7, 11) is 0. The van der Waals surface area contributed by atoms with Crippen LogP contribution in [-0.4, -0.2) is 21.7 Å². The molecule has 1 heterocycles. The quantitative estimate of drug-likeness (QED) is 0.305. The Morgan fingerprint density at radius 1 is 0.889 bits per heavy atom. The van der Waals surface area contributed by atoms with Gasteiger partial charge in [0, 0.05) is 24.6 Å². The number of rotatable bonds is 7. The Balaban J connectivity index is 1.86. The lowest BCUT2D eigenvalue weighted by molar-refractivity contribution is -0.132. The maximum atomic E-state index is 13.6. The summed E-state index contributed by atoms with van der Waals surface area (Å²) < 4.78 is 34.2. The van der Waals surface area contributed by atoms with Gasteiger partial charge in [0.1, 0.15) is 17.3 Å². The molecule has 36 heavy (non-hydrogen) atoms. The lowest BCUT2D eigenvalue weighted by Crippen LogP contribution is -2.13. The highest BCUT2D eigenvalue weighted by Gasteiger charge is 2.24. The molecule has 0 fully saturated rings. The van der Waals surface area contributed by atoms with Gasteiger partial charge in [-0.2, -0.15) is 9.78 Å². The second kappa shape index (κ2) is 10.5. The van der Waals surface area contributed by atoms with Crippen molar-refractivity contribution in [2.45, 2.75) is 27.2 Å². The first-order valence-corrected chi connectivity index (χ1v) is 11.4. The van der Waals surface area contributed by atoms with Crippen LogP contribution in [-0.2, 0) is 9.59 Å². The van der Waals surface area contributed by atoms with Crippen LogP contribution in [0.5, 0.6) is 5.88 Å². The predicted octanol–water partition coefficient (Wildman–Crippen LogP) is 6.39. The number of hydrogen-bond acceptors (Lipinski definition) is 4. The van der Waals surface area contributed by atoms with Gasteiger partial charge in [-0.3, -0.25) is 9.59 Å². The SMILES string of the molecule is CC(=O)Oc1c(-c2ccc(NC(=O)CC(C)C)cc2)c(-c2ccc(F)cc2)nn1-c1ccc(F)cc1. The van der Waals surface area contributed by atoms with Crippen molar-refractivity contribution in [3.8, 4) is 34.0 Å². The Kier molecular flexibility index (Phi) is 7.24. The molecule has 3 aromatic carbocycles. The first-order chi connectivity index (χ1) is 17.2. The molecule has 6 nitrogen and oxygen atoms in total. The largest absolute Gasteiger partial charge is 0.407 e. The Bertz CT molecular complexity index is 1380. The Hall–Kier alpha value is -4.33. The molecular weight excluding hydrogens is 464 g/mol. The van der Waals surface area contributed by atoms with Crippen LogP contribution in [0.4, 0.5) is 14.5 Å². The summed E-state index contributed by atoms with van der Waals surface area (Å²) in [6.45, 7) is 5.21. The highest BCUT2D eigenvalue weighted by atomic mass is 19.1. The van der Waals surface area contributed by atoms with Gasteiger partial charge in [0.05, 0.1) is 11.3 Å². The average molecular weight is 490 g/mol. The van der Waals surface area contributed by atoms with Gasteiger partial charge in [0.15, 0.2) is 0 Å². The van der Waals surface area contributed by atoms with Crippen LogP contribution in [0.15, 0.2) is 72.8 Å². The molecule has 0 unspecified atom stereocenters. The fraction of sp³-hybridized carbons (Fsp3) is 0.179. The third-order valence-electron chi connectivity index (χ3n) is 5.32. The van der Waals surface area contributed by atoms with E-state index in [1.165, 1.54) is 48.0 Å². The third-order valence-corrected chi connectivity index (χ3v) is 5.32. The predicted molar refractivity (Wildman–Crippen MR) is 134 cm³/mol. The molecule has 4 rings (SSSR count). The number of ether oxygens (including phenoxy) is 1. The van der Waals surface area contributed by atoms with Crippen molar-refractivity contribution < 1.29 is 23.1 Å². The van der Waals surface area contributed by atoms with Crippen LogP contribution in [0.3, 0.4) is 0 Å². The van der Waals surface area contributed by atoms with Crippen LogP contribution >= 0.6 is 0 Å². The molecule has 0 saturated carbocycles. The molecule has 0 atom stereocenters. The number of carbonyl (C=O) groups is 2. The number of esters is 1. The summed E-state index contributed by atoms with van der Waals surface area (Å²) in [4.78, 5) is 24.2. The monoisotopic (exact) mass is 489 g/mol. The second-order valence-corrected chi connectivity index (χ2v) is 8.74. The third kappa shape index (κ3) is 5.66. The zero-order valence-corrected chi connectivity index (χ0v) is 20.1. The highest BCUT2D eigenvalue weighted by Crippen LogP contribution is 2.41. The molecule has 0 aliphatic carbocycles. The van der Waals surface area contributed by atoms with Gasteiger partial charge in [0.2, 0.25) is 11.8 Å². The van der Waals surface area contributed by atoms with Crippen molar-refractivity contribution in [2.75, 3.05) is 5.32 Å². The van der Waals surface area contributed by atoms with Crippen LogP contribution in [0.25, 0.3) is 28.1 Å². The lowest BCUT2D eigenvalue weighted by Gasteiger charge is -2.11. The van der Waals surface area contributed by atoms with Gasteiger partial charge in [-0.05, 0) is 72.1 Å². The van der Waals surface area contributed by atoms with Crippen LogP contribution in [0.1, 0.15) is 27.2 Å². The van der Waals surface area contributed by atoms with E-state index in [1.54, 1.807) is 36.4 Å². The van der Waals surface area contributed by atoms with E-state index < -0.39 is 17.6 Å². The molecule has 0 aliphatic heterocycles. The zero-order chi connectivity index (χ0) is 25.8. The molecule has 0 radical (unpaired) electrons. The first-order valence-electron chi connectivity index (χ1n) is 11.4. The summed E-state index contributed by atoms with van der Waals surface area (Å²) in [6.07, 6.45) is 0.400. The molecular formula is C28H25F2N3O3. The number of nitrogens with zero attached hydrogens (tertiary/aromatic N) is 2. The molecule has 0 bridgehead atoms. The first kappa shape index (κ1) is 24.8. The fourth-order valence-electron chi connectivity index (χ4n) is 3.76. The zero-order valence-electron chi connectivity index (χ0n) is 20.1. The number of aromatic nitrogens is 2. The fourth-order valence-corrected chi connectivity index (χ4v) is 3.76. The van der Waals surface area contributed by atoms with Crippen LogP contribution in [0, 0.1) is 17.6 Å². The molecule has 184 valence electrons. The summed E-state index contributed by atoms with van der Waals surface area (Å²) >= 11 is 0. The average Bonchev–Trinajstić information content (AvgIpc) is 3.18. The van der Waals surface area contributed by atoms with Crippen molar-refractivity contribution in [1.29, 1.82) is 0 Å². The Morgan fingerprint density at radius 2 is 1.44 bits per heavy atom. The maximum Gasteiger partial charge on any atom is 0.309 e. The van der Waals surface area contributed by atoms with Gasteiger partial charge in [0.25, 0.3) is 0 Å². The second-order valence-electron chi connectivity index (χ2n) is 8.74. The van der Waals surface area contributed by atoms with Crippen molar-refractivity contribution in [3.63, 3.8) is 0 Å². The molecule has 0 saturated heterocycles. The number of amides is 1. The van der Waals surface area contributed by atoms with Gasteiger partial charge in [-0.15, -0.1) is 0 Å². The van der Waals surface area contributed by atoms with Crippen LogP contribution in [0.2, 0.25) is 0 Å². The van der Waals surface area contributed by atoms with E-state index in [4.69, 9.17) is 4.74 Å². The number of hydrogen-bond donors (Lipinski definition) is 1.